The number of aryl methyl sites for hydroxylation is 1. The maximum atomic E-state index is 5.80. The highest BCUT2D eigenvalue weighted by Gasteiger charge is 2.05. The van der Waals surface area contributed by atoms with Crippen molar-refractivity contribution in [1.29, 1.82) is 0 Å². The molecule has 0 aliphatic rings. The molecule has 2 heterocycles. The molecule has 0 bridgehead atoms. The Morgan fingerprint density at radius 3 is 2.94 bits per heavy atom. The fourth-order valence-electron chi connectivity index (χ4n) is 1.34. The summed E-state index contributed by atoms with van der Waals surface area (Å²) in [4.78, 5) is 4.20. The molecule has 0 aliphatic carbocycles. The Bertz CT molecular complexity index is 509. The van der Waals surface area contributed by atoms with E-state index < -0.39 is 0 Å². The Morgan fingerprint density at radius 2 is 2.29 bits per heavy atom. The monoisotopic (exact) mass is 234 g/mol. The van der Waals surface area contributed by atoms with Crippen LogP contribution in [-0.4, -0.2) is 26.9 Å². The second-order valence-electron chi connectivity index (χ2n) is 3.50. The Hall–Kier alpha value is -2.31. The van der Waals surface area contributed by atoms with Crippen molar-refractivity contribution in [2.45, 2.75) is 6.54 Å². The van der Waals surface area contributed by atoms with Gasteiger partial charge < -0.3 is 20.4 Å². The zero-order chi connectivity index (χ0) is 12.3. The number of hydrogen-bond donors (Lipinski definition) is 2. The molecular formula is C10H14N6O. The summed E-state index contributed by atoms with van der Waals surface area (Å²) in [5.74, 6) is 1.89. The van der Waals surface area contributed by atoms with Gasteiger partial charge in [-0.2, -0.15) is 4.98 Å². The van der Waals surface area contributed by atoms with E-state index in [9.17, 15) is 0 Å². The third-order valence-corrected chi connectivity index (χ3v) is 2.33. The molecule has 2 rings (SSSR count). The fourth-order valence-corrected chi connectivity index (χ4v) is 1.34. The van der Waals surface area contributed by atoms with Gasteiger partial charge in [0.15, 0.2) is 11.6 Å². The van der Waals surface area contributed by atoms with Crippen molar-refractivity contribution in [2.75, 3.05) is 18.2 Å². The maximum absolute atomic E-state index is 5.80. The first-order chi connectivity index (χ1) is 8.20. The third-order valence-electron chi connectivity index (χ3n) is 2.33. The van der Waals surface area contributed by atoms with E-state index in [1.807, 2.05) is 11.6 Å². The Labute approximate surface area is 98.6 Å². The molecule has 0 saturated carbocycles. The summed E-state index contributed by atoms with van der Waals surface area (Å²) < 4.78 is 6.85. The van der Waals surface area contributed by atoms with E-state index in [4.69, 9.17) is 10.5 Å². The normalized spacial score (nSPS) is 10.2. The molecule has 0 saturated heterocycles. The molecule has 7 heteroatoms. The summed E-state index contributed by atoms with van der Waals surface area (Å²) in [6.07, 6.45) is 1.64. The van der Waals surface area contributed by atoms with Crippen LogP contribution in [0.2, 0.25) is 0 Å². The van der Waals surface area contributed by atoms with Crippen LogP contribution >= 0.6 is 0 Å². The highest BCUT2D eigenvalue weighted by molar-refractivity contribution is 5.61. The van der Waals surface area contributed by atoms with Gasteiger partial charge in [-0.05, 0) is 6.07 Å². The summed E-state index contributed by atoms with van der Waals surface area (Å²) in [7, 11) is 3.43. The summed E-state index contributed by atoms with van der Waals surface area (Å²) >= 11 is 0. The molecular weight excluding hydrogens is 220 g/mol. The molecule has 17 heavy (non-hydrogen) atoms. The number of anilines is 2. The molecule has 0 fully saturated rings. The summed E-state index contributed by atoms with van der Waals surface area (Å²) in [6.45, 7) is 0.501. The SMILES string of the molecule is COc1ccc(N)c(NCc2nncn2C)n1. The van der Waals surface area contributed by atoms with Crippen molar-refractivity contribution < 1.29 is 4.74 Å². The van der Waals surface area contributed by atoms with Gasteiger partial charge in [0, 0.05) is 13.1 Å². The minimum atomic E-state index is 0.501. The van der Waals surface area contributed by atoms with Gasteiger partial charge in [0.05, 0.1) is 19.3 Å². The average Bonchev–Trinajstić information content (AvgIpc) is 2.74. The summed E-state index contributed by atoms with van der Waals surface area (Å²) in [5, 5.41) is 10.8. The van der Waals surface area contributed by atoms with Crippen LogP contribution in [0.15, 0.2) is 18.5 Å². The number of nitrogen functional groups attached to an aromatic ring is 1. The average molecular weight is 234 g/mol. The highest BCUT2D eigenvalue weighted by Crippen LogP contribution is 2.19. The van der Waals surface area contributed by atoms with E-state index in [1.54, 1.807) is 25.6 Å². The third kappa shape index (κ3) is 2.44. The maximum Gasteiger partial charge on any atom is 0.215 e. The molecule has 2 aromatic heterocycles. The lowest BCUT2D eigenvalue weighted by atomic mass is 10.4. The van der Waals surface area contributed by atoms with E-state index in [2.05, 4.69) is 20.5 Å². The summed E-state index contributed by atoms with van der Waals surface area (Å²) in [5.41, 5.74) is 6.36. The van der Waals surface area contributed by atoms with Gasteiger partial charge in [0.25, 0.3) is 0 Å². The van der Waals surface area contributed by atoms with Crippen LogP contribution in [0, 0.1) is 0 Å². The van der Waals surface area contributed by atoms with Crippen LogP contribution in [0.1, 0.15) is 5.82 Å². The van der Waals surface area contributed by atoms with Gasteiger partial charge in [-0.25, -0.2) is 0 Å². The van der Waals surface area contributed by atoms with Gasteiger partial charge in [-0.15, -0.1) is 10.2 Å². The molecule has 2 aromatic rings. The van der Waals surface area contributed by atoms with Gasteiger partial charge in [-0.3, -0.25) is 0 Å². The molecule has 90 valence electrons. The standard InChI is InChI=1S/C10H14N6O/c1-16-6-13-15-8(16)5-12-10-7(11)3-4-9(14-10)17-2/h3-4,6H,5,11H2,1-2H3,(H,12,14). The van der Waals surface area contributed by atoms with E-state index in [-0.39, 0.29) is 0 Å². The molecule has 0 amide bonds. The Morgan fingerprint density at radius 1 is 1.47 bits per heavy atom. The lowest BCUT2D eigenvalue weighted by Gasteiger charge is -2.09. The first-order valence-electron chi connectivity index (χ1n) is 5.08. The van der Waals surface area contributed by atoms with E-state index in [0.717, 1.165) is 5.82 Å². The number of nitrogens with one attached hydrogen (secondary N) is 1. The number of ether oxygens (including phenoxy) is 1. The van der Waals surface area contributed by atoms with Gasteiger partial charge in [-0.1, -0.05) is 0 Å². The lowest BCUT2D eigenvalue weighted by Crippen LogP contribution is -2.09. The van der Waals surface area contributed by atoms with Crippen molar-refractivity contribution in [3.8, 4) is 5.88 Å². The van der Waals surface area contributed by atoms with E-state index in [0.29, 0.717) is 23.9 Å². The number of nitrogens with two attached hydrogens (primary N) is 1. The van der Waals surface area contributed by atoms with Crippen LogP contribution in [0.25, 0.3) is 0 Å². The van der Waals surface area contributed by atoms with E-state index in [1.165, 1.54) is 0 Å². The fraction of sp³-hybridized carbons (Fsp3) is 0.300. The second-order valence-corrected chi connectivity index (χ2v) is 3.50. The van der Waals surface area contributed by atoms with Crippen molar-refractivity contribution in [3.05, 3.63) is 24.3 Å². The Kier molecular flexibility index (Phi) is 3.08. The Balaban J connectivity index is 2.11. The molecule has 0 atom stereocenters. The number of methoxy groups -OCH3 is 1. The van der Waals surface area contributed by atoms with Crippen LogP contribution in [-0.2, 0) is 13.6 Å². The molecule has 0 aromatic carbocycles. The predicted molar refractivity (Wildman–Crippen MR) is 63.5 cm³/mol. The van der Waals surface area contributed by atoms with Gasteiger partial charge in [0.2, 0.25) is 5.88 Å². The minimum absolute atomic E-state index is 0.501. The van der Waals surface area contributed by atoms with E-state index >= 15 is 0 Å². The molecule has 0 radical (unpaired) electrons. The number of hydrogen-bond acceptors (Lipinski definition) is 6. The zero-order valence-corrected chi connectivity index (χ0v) is 9.71. The minimum Gasteiger partial charge on any atom is -0.481 e. The number of nitrogens with zero attached hydrogens (tertiary/aromatic N) is 4. The van der Waals surface area contributed by atoms with Crippen LogP contribution in [0.3, 0.4) is 0 Å². The molecule has 0 aliphatic heterocycles. The van der Waals surface area contributed by atoms with Gasteiger partial charge in [0.1, 0.15) is 6.33 Å². The smallest absolute Gasteiger partial charge is 0.215 e. The van der Waals surface area contributed by atoms with Crippen molar-refractivity contribution in [1.82, 2.24) is 19.7 Å². The second kappa shape index (κ2) is 4.69. The largest absolute Gasteiger partial charge is 0.481 e. The van der Waals surface area contributed by atoms with Crippen molar-refractivity contribution >= 4 is 11.5 Å². The zero-order valence-electron chi connectivity index (χ0n) is 9.71. The first kappa shape index (κ1) is 11.2. The van der Waals surface area contributed by atoms with Crippen LogP contribution in [0.5, 0.6) is 5.88 Å². The topological polar surface area (TPSA) is 90.9 Å². The highest BCUT2D eigenvalue weighted by atomic mass is 16.5. The number of rotatable bonds is 4. The molecule has 3 N–H and O–H groups in total. The lowest BCUT2D eigenvalue weighted by molar-refractivity contribution is 0.398. The number of pyridine rings is 1. The molecule has 0 unspecified atom stereocenters. The van der Waals surface area contributed by atoms with Gasteiger partial charge >= 0.3 is 0 Å². The number of aromatic nitrogens is 4. The molecule has 7 nitrogen and oxygen atoms in total. The predicted octanol–water partition coefficient (Wildman–Crippen LogP) is 0.413. The van der Waals surface area contributed by atoms with Crippen LogP contribution in [0.4, 0.5) is 11.5 Å². The van der Waals surface area contributed by atoms with Crippen LogP contribution < -0.4 is 15.8 Å². The first-order valence-corrected chi connectivity index (χ1v) is 5.08. The van der Waals surface area contributed by atoms with Crippen molar-refractivity contribution in [2.24, 2.45) is 7.05 Å². The molecule has 0 spiro atoms. The summed E-state index contributed by atoms with van der Waals surface area (Å²) in [6, 6.07) is 3.45. The quantitative estimate of drug-likeness (QED) is 0.796. The van der Waals surface area contributed by atoms with Crippen molar-refractivity contribution in [3.63, 3.8) is 0 Å².